The van der Waals surface area contributed by atoms with Crippen molar-refractivity contribution in [2.75, 3.05) is 33.3 Å². The number of β-amino-alcohol motifs (C(OH)–C–C–N with tert-alkyl or cyclic N) is 1. The van der Waals surface area contributed by atoms with Crippen LogP contribution >= 0.6 is 0 Å². The van der Waals surface area contributed by atoms with Crippen molar-refractivity contribution in [3.63, 3.8) is 0 Å². The highest BCUT2D eigenvalue weighted by Gasteiger charge is 2.43. The molecule has 7 heteroatoms. The smallest absolute Gasteiger partial charge is 0.256 e. The molecule has 1 aromatic rings. The maximum absolute atomic E-state index is 13.4. The lowest BCUT2D eigenvalue weighted by atomic mass is 9.90. The summed E-state index contributed by atoms with van der Waals surface area (Å²) in [6, 6.07) is 3.63. The van der Waals surface area contributed by atoms with Crippen LogP contribution in [0.3, 0.4) is 0 Å². The molecule has 2 aliphatic heterocycles. The molecule has 0 aromatic heterocycles. The predicted molar refractivity (Wildman–Crippen MR) is 92.4 cm³/mol. The predicted octanol–water partition coefficient (Wildman–Crippen LogP) is 1.93. The molecule has 0 spiro atoms. The number of benzene rings is 1. The third-order valence-electron chi connectivity index (χ3n) is 5.41. The molecule has 1 aromatic carbocycles. The number of hydrogen-bond donors (Lipinski definition) is 1. The molecule has 26 heavy (non-hydrogen) atoms. The van der Waals surface area contributed by atoms with Gasteiger partial charge in [-0.25, -0.2) is 8.78 Å². The minimum atomic E-state index is -1.42. The largest absolute Gasteiger partial charge is 0.381 e. The number of aliphatic hydroxyl groups is 1. The van der Waals surface area contributed by atoms with Crippen LogP contribution in [-0.4, -0.2) is 65.8 Å². The molecule has 2 aliphatic rings. The monoisotopic (exact) mass is 368 g/mol. The van der Waals surface area contributed by atoms with Crippen molar-refractivity contribution in [3.8, 4) is 0 Å². The number of piperidine rings is 2. The van der Waals surface area contributed by atoms with Crippen LogP contribution in [0, 0.1) is 11.6 Å². The van der Waals surface area contributed by atoms with E-state index in [1.165, 1.54) is 11.0 Å². The number of likely N-dealkylation sites (tertiary alicyclic amines) is 2. The van der Waals surface area contributed by atoms with Gasteiger partial charge in [0.15, 0.2) is 17.2 Å². The Hall–Kier alpha value is -1.57. The molecule has 1 atom stereocenters. The van der Waals surface area contributed by atoms with Gasteiger partial charge in [-0.2, -0.15) is 0 Å². The molecule has 1 amide bonds. The second-order valence-electron chi connectivity index (χ2n) is 7.32. The Morgan fingerprint density at radius 2 is 1.96 bits per heavy atom. The summed E-state index contributed by atoms with van der Waals surface area (Å²) in [5.74, 6) is -2.17. The van der Waals surface area contributed by atoms with E-state index in [0.29, 0.717) is 31.5 Å². The number of rotatable bonds is 5. The Morgan fingerprint density at radius 3 is 2.62 bits per heavy atom. The number of amides is 1. The molecular formula is C19H26F2N2O3. The lowest BCUT2D eigenvalue weighted by Gasteiger charge is -2.42. The van der Waals surface area contributed by atoms with E-state index in [4.69, 9.17) is 4.74 Å². The van der Waals surface area contributed by atoms with Gasteiger partial charge in [-0.15, -0.1) is 0 Å². The van der Waals surface area contributed by atoms with Crippen molar-refractivity contribution in [1.82, 2.24) is 9.80 Å². The highest BCUT2D eigenvalue weighted by Crippen LogP contribution is 2.27. The van der Waals surface area contributed by atoms with Gasteiger partial charge >= 0.3 is 0 Å². The van der Waals surface area contributed by atoms with Crippen LogP contribution in [0.25, 0.3) is 0 Å². The Bertz CT molecular complexity index is 650. The summed E-state index contributed by atoms with van der Waals surface area (Å²) in [6.45, 7) is 2.56. The van der Waals surface area contributed by atoms with Crippen LogP contribution in [0.1, 0.15) is 31.2 Å². The van der Waals surface area contributed by atoms with Crippen molar-refractivity contribution < 1.29 is 23.4 Å². The quantitative estimate of drug-likeness (QED) is 0.863. The number of carbonyl (C=O) groups excluding carboxylic acids is 1. The molecule has 1 N–H and O–H groups in total. The Balaban J connectivity index is 1.63. The number of halogens is 2. The molecule has 0 unspecified atom stereocenters. The summed E-state index contributed by atoms with van der Waals surface area (Å²) in [5, 5.41) is 11.0. The second kappa shape index (κ2) is 7.98. The number of carbonyl (C=O) groups is 1. The average Bonchev–Trinajstić information content (AvgIpc) is 2.63. The van der Waals surface area contributed by atoms with Gasteiger partial charge in [0.25, 0.3) is 5.91 Å². The van der Waals surface area contributed by atoms with E-state index in [1.54, 1.807) is 7.11 Å². The summed E-state index contributed by atoms with van der Waals surface area (Å²) < 4.78 is 31.8. The first-order chi connectivity index (χ1) is 12.4. The van der Waals surface area contributed by atoms with Gasteiger partial charge < -0.3 is 14.7 Å². The molecule has 0 bridgehead atoms. The van der Waals surface area contributed by atoms with Crippen LogP contribution < -0.4 is 0 Å². The van der Waals surface area contributed by atoms with E-state index in [0.717, 1.165) is 38.1 Å². The van der Waals surface area contributed by atoms with Crippen molar-refractivity contribution in [2.24, 2.45) is 0 Å². The van der Waals surface area contributed by atoms with Gasteiger partial charge in [-0.1, -0.05) is 6.07 Å². The van der Waals surface area contributed by atoms with Crippen molar-refractivity contribution in [1.29, 1.82) is 0 Å². The van der Waals surface area contributed by atoms with Crippen LogP contribution in [0.5, 0.6) is 0 Å². The van der Waals surface area contributed by atoms with E-state index < -0.39 is 17.2 Å². The number of methoxy groups -OCH3 is 1. The molecule has 0 saturated carbocycles. The maximum atomic E-state index is 13.4. The summed E-state index contributed by atoms with van der Waals surface area (Å²) in [4.78, 5) is 16.5. The van der Waals surface area contributed by atoms with Crippen LogP contribution in [0.2, 0.25) is 0 Å². The Labute approximate surface area is 152 Å². The molecule has 2 saturated heterocycles. The van der Waals surface area contributed by atoms with Gasteiger partial charge in [-0.3, -0.25) is 9.69 Å². The van der Waals surface area contributed by atoms with E-state index in [9.17, 15) is 18.7 Å². The van der Waals surface area contributed by atoms with E-state index in [-0.39, 0.29) is 18.6 Å². The SMILES string of the molecule is COC1CCN(C[C@]2(O)CCCN(Cc3ccc(F)c(F)c3)C2=O)CC1. The van der Waals surface area contributed by atoms with Gasteiger partial charge in [0.1, 0.15) is 0 Å². The highest BCUT2D eigenvalue weighted by molar-refractivity contribution is 5.86. The third-order valence-corrected chi connectivity index (χ3v) is 5.41. The lowest BCUT2D eigenvalue weighted by molar-refractivity contribution is -0.161. The van der Waals surface area contributed by atoms with E-state index >= 15 is 0 Å². The molecule has 2 fully saturated rings. The zero-order valence-corrected chi connectivity index (χ0v) is 15.1. The molecule has 3 rings (SSSR count). The minimum absolute atomic E-state index is 0.171. The summed E-state index contributed by atoms with van der Waals surface area (Å²) in [5.41, 5.74) is -0.904. The third kappa shape index (κ3) is 4.22. The summed E-state index contributed by atoms with van der Waals surface area (Å²) >= 11 is 0. The fraction of sp³-hybridized carbons (Fsp3) is 0.632. The van der Waals surface area contributed by atoms with Crippen LogP contribution in [0.15, 0.2) is 18.2 Å². The zero-order chi connectivity index (χ0) is 18.7. The Kier molecular flexibility index (Phi) is 5.89. The first-order valence-corrected chi connectivity index (χ1v) is 9.12. The van der Waals surface area contributed by atoms with Crippen molar-refractivity contribution in [3.05, 3.63) is 35.4 Å². The number of nitrogens with zero attached hydrogens (tertiary/aromatic N) is 2. The molecule has 0 aliphatic carbocycles. The van der Waals surface area contributed by atoms with Crippen molar-refractivity contribution in [2.45, 2.75) is 43.9 Å². The molecule has 2 heterocycles. The summed E-state index contributed by atoms with van der Waals surface area (Å²) in [6.07, 6.45) is 3.12. The van der Waals surface area contributed by atoms with E-state index in [1.807, 2.05) is 0 Å². The fourth-order valence-electron chi connectivity index (χ4n) is 3.89. The van der Waals surface area contributed by atoms with Gasteiger partial charge in [-0.05, 0) is 43.4 Å². The lowest BCUT2D eigenvalue weighted by Crippen LogP contribution is -2.59. The van der Waals surface area contributed by atoms with Crippen molar-refractivity contribution >= 4 is 5.91 Å². The normalized spacial score (nSPS) is 25.7. The molecule has 144 valence electrons. The summed E-state index contributed by atoms with van der Waals surface area (Å²) in [7, 11) is 1.70. The maximum Gasteiger partial charge on any atom is 0.256 e. The highest BCUT2D eigenvalue weighted by atomic mass is 19.2. The zero-order valence-electron chi connectivity index (χ0n) is 15.1. The minimum Gasteiger partial charge on any atom is -0.381 e. The fourth-order valence-corrected chi connectivity index (χ4v) is 3.89. The number of hydrogen-bond acceptors (Lipinski definition) is 4. The molecule has 0 radical (unpaired) electrons. The molecular weight excluding hydrogens is 342 g/mol. The molecule has 5 nitrogen and oxygen atoms in total. The van der Waals surface area contributed by atoms with Crippen LogP contribution in [0.4, 0.5) is 8.78 Å². The first kappa shape index (κ1) is 19.2. The van der Waals surface area contributed by atoms with Gasteiger partial charge in [0, 0.05) is 39.8 Å². The first-order valence-electron chi connectivity index (χ1n) is 9.12. The average molecular weight is 368 g/mol. The topological polar surface area (TPSA) is 53.0 Å². The standard InChI is InChI=1S/C19H26F2N2O3/c1-26-15-5-9-22(10-6-15)13-19(25)7-2-8-23(18(19)24)12-14-3-4-16(20)17(21)11-14/h3-4,11,15,25H,2,5-10,12-13H2,1H3/t19-/m1/s1. The number of ether oxygens (including phenoxy) is 1. The van der Waals surface area contributed by atoms with Crippen LogP contribution in [-0.2, 0) is 16.1 Å². The Morgan fingerprint density at radius 1 is 1.23 bits per heavy atom. The van der Waals surface area contributed by atoms with E-state index in [2.05, 4.69) is 4.90 Å². The van der Waals surface area contributed by atoms with Gasteiger partial charge in [0.2, 0.25) is 0 Å². The second-order valence-corrected chi connectivity index (χ2v) is 7.32. The van der Waals surface area contributed by atoms with Gasteiger partial charge in [0.05, 0.1) is 6.10 Å².